The molecule has 26 heavy (non-hydrogen) atoms. The van der Waals surface area contributed by atoms with Crippen LogP contribution in [0.5, 0.6) is 11.5 Å². The zero-order valence-electron chi connectivity index (χ0n) is 14.0. The molecule has 0 spiro atoms. The number of halogens is 1. The highest BCUT2D eigenvalue weighted by molar-refractivity contribution is 14.1. The molecule has 0 unspecified atom stereocenters. The van der Waals surface area contributed by atoms with E-state index in [-0.39, 0.29) is 5.91 Å². The van der Waals surface area contributed by atoms with Crippen molar-refractivity contribution in [2.24, 2.45) is 0 Å². The minimum absolute atomic E-state index is 0.161. The fraction of sp³-hybridized carbons (Fsp3) is 0.0952. The Morgan fingerprint density at radius 2 is 1.46 bits per heavy atom. The number of nitrogens with one attached hydrogen (secondary N) is 1. The highest BCUT2D eigenvalue weighted by atomic mass is 127. The number of anilines is 1. The Kier molecular flexibility index (Phi) is 6.49. The second kappa shape index (κ2) is 9.24. The molecule has 0 aliphatic carbocycles. The molecule has 0 bridgehead atoms. The van der Waals surface area contributed by atoms with Gasteiger partial charge >= 0.3 is 0 Å². The normalized spacial score (nSPS) is 10.2. The molecule has 0 saturated heterocycles. The summed E-state index contributed by atoms with van der Waals surface area (Å²) < 4.78 is 12.3. The molecule has 0 aliphatic heterocycles. The van der Waals surface area contributed by atoms with E-state index in [2.05, 4.69) is 27.9 Å². The van der Waals surface area contributed by atoms with Crippen LogP contribution in [0.1, 0.15) is 10.4 Å². The molecule has 1 N–H and O–H groups in total. The molecule has 3 aromatic rings. The van der Waals surface area contributed by atoms with E-state index in [1.807, 2.05) is 72.8 Å². The van der Waals surface area contributed by atoms with Crippen LogP contribution in [0, 0.1) is 3.57 Å². The number of hydrogen-bond acceptors (Lipinski definition) is 3. The van der Waals surface area contributed by atoms with Gasteiger partial charge in [0.05, 0.1) is 11.3 Å². The average molecular weight is 459 g/mol. The minimum Gasteiger partial charge on any atom is -0.490 e. The minimum atomic E-state index is -0.161. The molecule has 0 fully saturated rings. The van der Waals surface area contributed by atoms with Crippen molar-refractivity contribution >= 4 is 34.2 Å². The van der Waals surface area contributed by atoms with E-state index < -0.39 is 0 Å². The highest BCUT2D eigenvalue weighted by Gasteiger charge is 2.12. The van der Waals surface area contributed by atoms with Crippen molar-refractivity contribution in [2.45, 2.75) is 0 Å². The van der Waals surface area contributed by atoms with Crippen LogP contribution in [0.3, 0.4) is 0 Å². The SMILES string of the molecule is O=C(Nc1ccccc1OCCOc1ccccc1)c1ccccc1I. The first-order chi connectivity index (χ1) is 12.7. The van der Waals surface area contributed by atoms with Gasteiger partial charge in [0.15, 0.2) is 0 Å². The average Bonchev–Trinajstić information content (AvgIpc) is 2.67. The number of ether oxygens (including phenoxy) is 2. The highest BCUT2D eigenvalue weighted by Crippen LogP contribution is 2.25. The van der Waals surface area contributed by atoms with Crippen molar-refractivity contribution < 1.29 is 14.3 Å². The van der Waals surface area contributed by atoms with Crippen molar-refractivity contribution in [1.82, 2.24) is 0 Å². The molecule has 3 aromatic carbocycles. The maximum absolute atomic E-state index is 12.5. The summed E-state index contributed by atoms with van der Waals surface area (Å²) in [6, 6.07) is 24.4. The molecule has 4 nitrogen and oxygen atoms in total. The fourth-order valence-electron chi connectivity index (χ4n) is 2.36. The lowest BCUT2D eigenvalue weighted by atomic mass is 10.2. The summed E-state index contributed by atoms with van der Waals surface area (Å²) in [5.41, 5.74) is 1.27. The van der Waals surface area contributed by atoms with E-state index in [9.17, 15) is 4.79 Å². The molecule has 0 aromatic heterocycles. The largest absolute Gasteiger partial charge is 0.490 e. The van der Waals surface area contributed by atoms with Crippen LogP contribution in [0.4, 0.5) is 5.69 Å². The van der Waals surface area contributed by atoms with E-state index >= 15 is 0 Å². The number of carbonyl (C=O) groups is 1. The van der Waals surface area contributed by atoms with Gasteiger partial charge in [-0.3, -0.25) is 4.79 Å². The fourth-order valence-corrected chi connectivity index (χ4v) is 2.99. The Balaban J connectivity index is 1.59. The molecule has 1 amide bonds. The van der Waals surface area contributed by atoms with E-state index in [4.69, 9.17) is 9.47 Å². The van der Waals surface area contributed by atoms with Crippen molar-refractivity contribution in [1.29, 1.82) is 0 Å². The van der Waals surface area contributed by atoms with E-state index in [0.29, 0.717) is 30.2 Å². The summed E-state index contributed by atoms with van der Waals surface area (Å²) in [5, 5.41) is 2.92. The van der Waals surface area contributed by atoms with Gasteiger partial charge in [0.2, 0.25) is 0 Å². The van der Waals surface area contributed by atoms with Crippen molar-refractivity contribution in [3.05, 3.63) is 88.0 Å². The van der Waals surface area contributed by atoms with Gasteiger partial charge in [-0.05, 0) is 59.0 Å². The van der Waals surface area contributed by atoms with Crippen LogP contribution in [-0.2, 0) is 0 Å². The van der Waals surface area contributed by atoms with Crippen LogP contribution in [-0.4, -0.2) is 19.1 Å². The number of benzene rings is 3. The Morgan fingerprint density at radius 3 is 2.27 bits per heavy atom. The third-order valence-corrected chi connectivity index (χ3v) is 4.55. The molecule has 0 saturated carbocycles. The zero-order valence-corrected chi connectivity index (χ0v) is 16.2. The first kappa shape index (κ1) is 18.3. The number of para-hydroxylation sites is 3. The van der Waals surface area contributed by atoms with Crippen molar-refractivity contribution in [2.75, 3.05) is 18.5 Å². The van der Waals surface area contributed by atoms with Gasteiger partial charge in [-0.15, -0.1) is 0 Å². The van der Waals surface area contributed by atoms with Crippen LogP contribution >= 0.6 is 22.6 Å². The maximum atomic E-state index is 12.5. The smallest absolute Gasteiger partial charge is 0.256 e. The predicted molar refractivity (Wildman–Crippen MR) is 111 cm³/mol. The number of rotatable bonds is 7. The maximum Gasteiger partial charge on any atom is 0.256 e. The van der Waals surface area contributed by atoms with Gasteiger partial charge in [-0.2, -0.15) is 0 Å². The standard InChI is InChI=1S/C21H18INO3/c22-18-11-5-4-10-17(18)21(24)23-19-12-6-7-13-20(19)26-15-14-25-16-8-2-1-3-9-16/h1-13H,14-15H2,(H,23,24). The molecule has 3 rings (SSSR count). The van der Waals surface area contributed by atoms with Crippen molar-refractivity contribution in [3.63, 3.8) is 0 Å². The van der Waals surface area contributed by atoms with Crippen LogP contribution < -0.4 is 14.8 Å². The van der Waals surface area contributed by atoms with Gasteiger partial charge in [0, 0.05) is 3.57 Å². The molecule has 0 radical (unpaired) electrons. The lowest BCUT2D eigenvalue weighted by molar-refractivity contribution is 0.102. The Hall–Kier alpha value is -2.54. The Bertz CT molecular complexity index is 868. The molecule has 0 heterocycles. The Labute approximate surface area is 166 Å². The number of carbonyl (C=O) groups excluding carboxylic acids is 1. The summed E-state index contributed by atoms with van der Waals surface area (Å²) in [6.45, 7) is 0.799. The van der Waals surface area contributed by atoms with Gasteiger partial charge in [0.25, 0.3) is 5.91 Å². The van der Waals surface area contributed by atoms with Crippen LogP contribution in [0.2, 0.25) is 0 Å². The molecular weight excluding hydrogens is 441 g/mol. The summed E-state index contributed by atoms with van der Waals surface area (Å²) in [6.07, 6.45) is 0. The van der Waals surface area contributed by atoms with Gasteiger partial charge in [-0.1, -0.05) is 42.5 Å². The topological polar surface area (TPSA) is 47.6 Å². The van der Waals surface area contributed by atoms with E-state index in [1.54, 1.807) is 6.07 Å². The third-order valence-electron chi connectivity index (χ3n) is 3.61. The zero-order chi connectivity index (χ0) is 18.2. The van der Waals surface area contributed by atoms with Crippen LogP contribution in [0.15, 0.2) is 78.9 Å². The summed E-state index contributed by atoms with van der Waals surface area (Å²) in [4.78, 5) is 12.5. The second-order valence-electron chi connectivity index (χ2n) is 5.44. The van der Waals surface area contributed by atoms with Gasteiger partial charge in [-0.25, -0.2) is 0 Å². The monoisotopic (exact) mass is 459 g/mol. The summed E-state index contributed by atoms with van der Waals surface area (Å²) >= 11 is 2.15. The van der Waals surface area contributed by atoms with E-state index in [1.165, 1.54) is 0 Å². The number of hydrogen-bond donors (Lipinski definition) is 1. The molecule has 5 heteroatoms. The van der Waals surface area contributed by atoms with Gasteiger partial charge in [0.1, 0.15) is 24.7 Å². The third kappa shape index (κ3) is 4.98. The van der Waals surface area contributed by atoms with Crippen LogP contribution in [0.25, 0.3) is 0 Å². The molecule has 0 aliphatic rings. The predicted octanol–water partition coefficient (Wildman–Crippen LogP) is 5.00. The first-order valence-corrected chi connectivity index (χ1v) is 9.27. The number of amides is 1. The van der Waals surface area contributed by atoms with Crippen molar-refractivity contribution in [3.8, 4) is 11.5 Å². The first-order valence-electron chi connectivity index (χ1n) is 8.19. The van der Waals surface area contributed by atoms with Gasteiger partial charge < -0.3 is 14.8 Å². The summed E-state index contributed by atoms with van der Waals surface area (Å²) in [7, 11) is 0. The molecule has 132 valence electrons. The lowest BCUT2D eigenvalue weighted by Gasteiger charge is -2.13. The second-order valence-corrected chi connectivity index (χ2v) is 6.60. The Morgan fingerprint density at radius 1 is 0.808 bits per heavy atom. The summed E-state index contributed by atoms with van der Waals surface area (Å²) in [5.74, 6) is 1.26. The van der Waals surface area contributed by atoms with E-state index in [0.717, 1.165) is 9.32 Å². The molecule has 0 atom stereocenters. The quantitative estimate of drug-likeness (QED) is 0.400. The lowest BCUT2D eigenvalue weighted by Crippen LogP contribution is -2.15. The molecular formula is C21H18INO3.